The fraction of sp³-hybridized carbons (Fsp3) is 0.310. The lowest BCUT2D eigenvalue weighted by Crippen LogP contribution is -2.55. The lowest BCUT2D eigenvalue weighted by molar-refractivity contribution is -0.139. The average Bonchev–Trinajstić information content (AvgIpc) is 3.01. The van der Waals surface area contributed by atoms with Crippen molar-refractivity contribution in [3.63, 3.8) is 0 Å². The Hall–Kier alpha value is -5.20. The Morgan fingerprint density at radius 3 is 2.38 bits per heavy atom. The minimum absolute atomic E-state index is 0.0495. The number of anilines is 1. The minimum Gasteiger partial charge on any atom is -0.496 e. The summed E-state index contributed by atoms with van der Waals surface area (Å²) in [6, 6.07) is 10.4. The third-order valence-corrected chi connectivity index (χ3v) is 6.93. The van der Waals surface area contributed by atoms with Gasteiger partial charge in [0, 0.05) is 30.3 Å². The van der Waals surface area contributed by atoms with Crippen LogP contribution in [0, 0.1) is 0 Å². The highest BCUT2D eigenvalue weighted by atomic mass is 16.5. The molecular weight excluding hydrogens is 546 g/mol. The standard InChI is InChI=1S/C29H31N5O8/c1-41-21-12-8-13-22(42-2)23(21)26(36)32-25-18(16-30-28(39)33-25)15-19(27(37)38)31-29(40)34-14-7-6-11-20(34)24(35)17-9-4-3-5-10-17/h3-5,8-10,12-13,16,19-20H,6-7,11,14-15H2,1-2H3,(H,31,40)(H,37,38)(H2,30,32,33,36,39). The first-order valence-corrected chi connectivity index (χ1v) is 13.2. The third-order valence-electron chi connectivity index (χ3n) is 6.93. The summed E-state index contributed by atoms with van der Waals surface area (Å²) >= 11 is 0. The number of methoxy groups -OCH3 is 2. The van der Waals surface area contributed by atoms with E-state index in [1.54, 1.807) is 48.5 Å². The molecule has 220 valence electrons. The van der Waals surface area contributed by atoms with Crippen LogP contribution in [-0.4, -0.2) is 76.5 Å². The molecule has 2 heterocycles. The number of hydrogen-bond donors (Lipinski definition) is 4. The predicted molar refractivity (Wildman–Crippen MR) is 151 cm³/mol. The lowest BCUT2D eigenvalue weighted by Gasteiger charge is -2.35. The minimum atomic E-state index is -1.48. The normalized spacial score (nSPS) is 15.3. The number of H-pyrrole nitrogens is 1. The van der Waals surface area contributed by atoms with E-state index in [1.807, 2.05) is 0 Å². The van der Waals surface area contributed by atoms with E-state index in [0.29, 0.717) is 18.4 Å². The molecule has 0 bridgehead atoms. The van der Waals surface area contributed by atoms with Crippen LogP contribution in [0.5, 0.6) is 11.5 Å². The van der Waals surface area contributed by atoms with E-state index in [9.17, 15) is 29.1 Å². The van der Waals surface area contributed by atoms with Crippen LogP contribution < -0.4 is 25.8 Å². The molecule has 13 nitrogen and oxygen atoms in total. The van der Waals surface area contributed by atoms with Gasteiger partial charge in [0.25, 0.3) is 5.91 Å². The molecule has 1 saturated heterocycles. The summed E-state index contributed by atoms with van der Waals surface area (Å²) in [6.07, 6.45) is 2.65. The highest BCUT2D eigenvalue weighted by Crippen LogP contribution is 2.29. The molecule has 4 rings (SSSR count). The second-order valence-corrected chi connectivity index (χ2v) is 9.56. The number of Topliss-reactive ketones (excluding diaryl/α,β-unsaturated/α-hetero) is 1. The molecule has 13 heteroatoms. The first kappa shape index (κ1) is 29.8. The summed E-state index contributed by atoms with van der Waals surface area (Å²) in [6.45, 7) is 0.281. The van der Waals surface area contributed by atoms with Crippen LogP contribution in [0.4, 0.5) is 10.6 Å². The van der Waals surface area contributed by atoms with Gasteiger partial charge in [-0.15, -0.1) is 0 Å². The fourth-order valence-corrected chi connectivity index (χ4v) is 4.83. The van der Waals surface area contributed by atoms with Crippen LogP contribution in [0.15, 0.2) is 59.5 Å². The zero-order valence-electron chi connectivity index (χ0n) is 23.1. The van der Waals surface area contributed by atoms with Crippen molar-refractivity contribution in [1.82, 2.24) is 20.2 Å². The highest BCUT2D eigenvalue weighted by Gasteiger charge is 2.34. The summed E-state index contributed by atoms with van der Waals surface area (Å²) in [5.41, 5.74) is -0.135. The van der Waals surface area contributed by atoms with Crippen molar-refractivity contribution in [2.45, 2.75) is 37.8 Å². The number of rotatable bonds is 10. The smallest absolute Gasteiger partial charge is 0.346 e. The highest BCUT2D eigenvalue weighted by molar-refractivity contribution is 6.08. The molecule has 1 aromatic heterocycles. The van der Waals surface area contributed by atoms with Gasteiger partial charge in [0.1, 0.15) is 28.9 Å². The molecule has 1 aliphatic heterocycles. The number of ketones is 1. The number of hydrogen-bond acceptors (Lipinski definition) is 8. The summed E-state index contributed by atoms with van der Waals surface area (Å²) < 4.78 is 10.5. The van der Waals surface area contributed by atoms with E-state index in [4.69, 9.17) is 9.47 Å². The largest absolute Gasteiger partial charge is 0.496 e. The Morgan fingerprint density at radius 1 is 1.05 bits per heavy atom. The van der Waals surface area contributed by atoms with Gasteiger partial charge in [-0.05, 0) is 31.4 Å². The number of aromatic amines is 1. The molecule has 0 saturated carbocycles. The molecule has 42 heavy (non-hydrogen) atoms. The van der Waals surface area contributed by atoms with E-state index < -0.39 is 35.7 Å². The Kier molecular flexibility index (Phi) is 9.53. The molecule has 4 N–H and O–H groups in total. The maximum Gasteiger partial charge on any atom is 0.346 e. The van der Waals surface area contributed by atoms with Crippen LogP contribution in [0.3, 0.4) is 0 Å². The predicted octanol–water partition coefficient (Wildman–Crippen LogP) is 2.48. The maximum absolute atomic E-state index is 13.3. The summed E-state index contributed by atoms with van der Waals surface area (Å²) in [7, 11) is 2.76. The Bertz CT molecular complexity index is 1500. The number of carbonyl (C=O) groups excluding carboxylic acids is 3. The van der Waals surface area contributed by atoms with Crippen LogP contribution in [0.1, 0.15) is 45.5 Å². The summed E-state index contributed by atoms with van der Waals surface area (Å²) in [5, 5.41) is 15.0. The first-order valence-electron chi connectivity index (χ1n) is 13.2. The number of carboxylic acid groups (broad SMARTS) is 1. The molecule has 1 fully saturated rings. The van der Waals surface area contributed by atoms with E-state index in [1.165, 1.54) is 19.1 Å². The van der Waals surface area contributed by atoms with Gasteiger partial charge in [0.2, 0.25) is 0 Å². The van der Waals surface area contributed by atoms with Gasteiger partial charge in [0.05, 0.1) is 20.3 Å². The topological polar surface area (TPSA) is 180 Å². The fourth-order valence-electron chi connectivity index (χ4n) is 4.83. The van der Waals surface area contributed by atoms with E-state index in [2.05, 4.69) is 20.6 Å². The van der Waals surface area contributed by atoms with E-state index >= 15 is 0 Å². The molecule has 2 unspecified atom stereocenters. The molecule has 0 radical (unpaired) electrons. The molecule has 3 amide bonds. The van der Waals surface area contributed by atoms with Crippen LogP contribution in [-0.2, 0) is 11.2 Å². The van der Waals surface area contributed by atoms with Gasteiger partial charge in [-0.25, -0.2) is 19.4 Å². The monoisotopic (exact) mass is 577 g/mol. The van der Waals surface area contributed by atoms with Crippen molar-refractivity contribution in [2.75, 3.05) is 26.1 Å². The first-order chi connectivity index (χ1) is 20.2. The maximum atomic E-state index is 13.3. The number of carbonyl (C=O) groups is 4. The van der Waals surface area contributed by atoms with Crippen molar-refractivity contribution < 1.29 is 33.8 Å². The van der Waals surface area contributed by atoms with Gasteiger partial charge in [-0.3, -0.25) is 14.6 Å². The Balaban J connectivity index is 1.55. The van der Waals surface area contributed by atoms with Gasteiger partial charge < -0.3 is 30.1 Å². The SMILES string of the molecule is COc1cccc(OC)c1C(=O)Nc1[nH]c(=O)ncc1CC(NC(=O)N1CCCCC1C(=O)c1ccccc1)C(=O)O. The average molecular weight is 578 g/mol. The van der Waals surface area contributed by atoms with Crippen LogP contribution in [0.25, 0.3) is 0 Å². The number of carboxylic acids is 1. The number of urea groups is 1. The number of aliphatic carboxylic acids is 1. The summed E-state index contributed by atoms with van der Waals surface area (Å²) in [4.78, 5) is 71.4. The Labute approximate surface area is 240 Å². The van der Waals surface area contributed by atoms with Crippen LogP contribution in [0.2, 0.25) is 0 Å². The van der Waals surface area contributed by atoms with E-state index in [0.717, 1.165) is 12.6 Å². The number of piperidine rings is 1. The zero-order valence-corrected chi connectivity index (χ0v) is 23.1. The number of amides is 3. The van der Waals surface area contributed by atoms with Gasteiger partial charge >= 0.3 is 17.7 Å². The number of nitrogens with one attached hydrogen (secondary N) is 3. The number of likely N-dealkylation sites (tertiary alicyclic amines) is 1. The van der Waals surface area contributed by atoms with Crippen LogP contribution >= 0.6 is 0 Å². The molecule has 2 aromatic carbocycles. The number of benzene rings is 2. The molecule has 1 aliphatic rings. The quantitative estimate of drug-likeness (QED) is 0.263. The second-order valence-electron chi connectivity index (χ2n) is 9.56. The molecule has 2 atom stereocenters. The van der Waals surface area contributed by atoms with Gasteiger partial charge in [-0.1, -0.05) is 36.4 Å². The second kappa shape index (κ2) is 13.4. The van der Waals surface area contributed by atoms with E-state index in [-0.39, 0.29) is 47.2 Å². The van der Waals surface area contributed by atoms with Gasteiger partial charge in [-0.2, -0.15) is 0 Å². The number of nitrogens with zero attached hydrogens (tertiary/aromatic N) is 2. The van der Waals surface area contributed by atoms with Crippen molar-refractivity contribution in [3.05, 3.63) is 81.9 Å². The van der Waals surface area contributed by atoms with Crippen molar-refractivity contribution in [2.24, 2.45) is 0 Å². The third kappa shape index (κ3) is 6.74. The van der Waals surface area contributed by atoms with Crippen molar-refractivity contribution in [3.8, 4) is 11.5 Å². The number of ether oxygens (including phenoxy) is 2. The number of aromatic nitrogens is 2. The molecule has 3 aromatic rings. The Morgan fingerprint density at radius 2 is 1.74 bits per heavy atom. The molecule has 0 aliphatic carbocycles. The zero-order chi connectivity index (χ0) is 30.2. The van der Waals surface area contributed by atoms with Crippen molar-refractivity contribution >= 4 is 29.5 Å². The van der Waals surface area contributed by atoms with Gasteiger partial charge in [0.15, 0.2) is 5.78 Å². The summed E-state index contributed by atoms with van der Waals surface area (Å²) in [5.74, 6) is -1.97. The lowest BCUT2D eigenvalue weighted by atomic mass is 9.94. The molecular formula is C29H31N5O8. The van der Waals surface area contributed by atoms with Crippen molar-refractivity contribution in [1.29, 1.82) is 0 Å². The molecule has 0 spiro atoms.